The second kappa shape index (κ2) is 11.8. The summed E-state index contributed by atoms with van der Waals surface area (Å²) in [4.78, 5) is 22.4. The molecule has 4 heteroatoms. The maximum absolute atomic E-state index is 12.0. The molecule has 0 unspecified atom stereocenters. The molecule has 0 spiro atoms. The molecule has 0 aromatic carbocycles. The van der Waals surface area contributed by atoms with Crippen molar-refractivity contribution in [2.75, 3.05) is 0 Å². The molecule has 1 aliphatic carbocycles. The normalized spacial score (nSPS) is 22.0. The average molecular weight is 334 g/mol. The Labute approximate surface area is 145 Å². The van der Waals surface area contributed by atoms with Crippen molar-refractivity contribution in [2.24, 2.45) is 11.8 Å². The Bertz CT molecular complexity index is 476. The highest BCUT2D eigenvalue weighted by Gasteiger charge is 2.26. The number of ketones is 1. The molecular weight excluding hydrogens is 304 g/mol. The van der Waals surface area contributed by atoms with Gasteiger partial charge in [-0.05, 0) is 44.1 Å². The van der Waals surface area contributed by atoms with E-state index in [0.29, 0.717) is 12.8 Å². The van der Waals surface area contributed by atoms with Crippen LogP contribution >= 0.6 is 0 Å². The van der Waals surface area contributed by atoms with Gasteiger partial charge < -0.3 is 10.2 Å². The summed E-state index contributed by atoms with van der Waals surface area (Å²) < 4.78 is 0. The van der Waals surface area contributed by atoms with E-state index >= 15 is 0 Å². The lowest BCUT2D eigenvalue weighted by molar-refractivity contribution is -0.137. The minimum atomic E-state index is -0.855. The summed E-state index contributed by atoms with van der Waals surface area (Å²) in [5, 5.41) is 18.5. The van der Waals surface area contributed by atoms with Gasteiger partial charge in [-0.2, -0.15) is 0 Å². The van der Waals surface area contributed by atoms with Gasteiger partial charge in [-0.15, -0.1) is 0 Å². The first kappa shape index (κ1) is 20.4. The van der Waals surface area contributed by atoms with Crippen LogP contribution in [0.15, 0.2) is 36.5 Å². The summed E-state index contributed by atoms with van der Waals surface area (Å²) in [6, 6.07) is 0. The second-order valence-corrected chi connectivity index (χ2v) is 6.39. The molecule has 0 amide bonds. The molecule has 0 saturated heterocycles. The molecule has 24 heavy (non-hydrogen) atoms. The van der Waals surface area contributed by atoms with E-state index in [0.717, 1.165) is 12.8 Å². The van der Waals surface area contributed by atoms with Crippen LogP contribution in [0.2, 0.25) is 0 Å². The zero-order valence-electron chi connectivity index (χ0n) is 14.6. The van der Waals surface area contributed by atoms with Gasteiger partial charge in [0.15, 0.2) is 5.78 Å². The summed E-state index contributed by atoms with van der Waals surface area (Å²) in [7, 11) is 0. The molecule has 0 aliphatic heterocycles. The number of aliphatic hydroxyl groups is 1. The molecule has 0 aromatic heterocycles. The number of allylic oxidation sites excluding steroid dienone is 5. The molecule has 1 rings (SSSR count). The number of hydrogen-bond donors (Lipinski definition) is 2. The Morgan fingerprint density at radius 1 is 1.29 bits per heavy atom. The first-order chi connectivity index (χ1) is 11.5. The van der Waals surface area contributed by atoms with Crippen LogP contribution in [0, 0.1) is 11.8 Å². The van der Waals surface area contributed by atoms with E-state index in [-0.39, 0.29) is 24.0 Å². The molecule has 0 saturated carbocycles. The zero-order valence-corrected chi connectivity index (χ0v) is 14.6. The summed E-state index contributed by atoms with van der Waals surface area (Å²) in [5.74, 6) is -0.831. The maximum atomic E-state index is 12.0. The highest BCUT2D eigenvalue weighted by atomic mass is 16.4. The smallest absolute Gasteiger partial charge is 0.303 e. The van der Waals surface area contributed by atoms with Gasteiger partial charge in [0.1, 0.15) is 0 Å². The first-order valence-electron chi connectivity index (χ1n) is 8.99. The monoisotopic (exact) mass is 334 g/mol. The van der Waals surface area contributed by atoms with Gasteiger partial charge in [0.2, 0.25) is 0 Å². The van der Waals surface area contributed by atoms with Crippen molar-refractivity contribution >= 4 is 11.8 Å². The van der Waals surface area contributed by atoms with Crippen LogP contribution in [-0.2, 0) is 9.59 Å². The fourth-order valence-electron chi connectivity index (χ4n) is 2.81. The number of hydrogen-bond acceptors (Lipinski definition) is 3. The minimum absolute atomic E-state index is 0.0558. The van der Waals surface area contributed by atoms with Crippen molar-refractivity contribution in [3.8, 4) is 0 Å². The third-order valence-corrected chi connectivity index (χ3v) is 4.28. The van der Waals surface area contributed by atoms with Crippen molar-refractivity contribution < 1.29 is 19.8 Å². The Hall–Kier alpha value is -1.68. The average Bonchev–Trinajstić information content (AvgIpc) is 2.88. The number of unbranched alkanes of at least 4 members (excludes halogenated alkanes) is 3. The highest BCUT2D eigenvalue weighted by molar-refractivity contribution is 5.95. The molecule has 1 aliphatic rings. The topological polar surface area (TPSA) is 74.6 Å². The van der Waals surface area contributed by atoms with Gasteiger partial charge in [-0.1, -0.05) is 50.1 Å². The largest absolute Gasteiger partial charge is 0.481 e. The van der Waals surface area contributed by atoms with Gasteiger partial charge in [0.05, 0.1) is 6.10 Å². The van der Waals surface area contributed by atoms with Crippen LogP contribution < -0.4 is 0 Å². The van der Waals surface area contributed by atoms with Gasteiger partial charge in [-0.3, -0.25) is 9.59 Å². The Morgan fingerprint density at radius 2 is 2.08 bits per heavy atom. The summed E-state index contributed by atoms with van der Waals surface area (Å²) in [5.41, 5.74) is 0. The van der Waals surface area contributed by atoms with Gasteiger partial charge in [-0.25, -0.2) is 0 Å². The molecule has 0 radical (unpaired) electrons. The maximum Gasteiger partial charge on any atom is 0.303 e. The number of rotatable bonds is 12. The molecular formula is C20H30O4. The molecule has 2 N–H and O–H groups in total. The van der Waals surface area contributed by atoms with E-state index in [1.165, 1.54) is 19.3 Å². The van der Waals surface area contributed by atoms with Crippen molar-refractivity contribution in [3.63, 3.8) is 0 Å². The van der Waals surface area contributed by atoms with Crippen molar-refractivity contribution in [3.05, 3.63) is 36.5 Å². The van der Waals surface area contributed by atoms with E-state index in [2.05, 4.69) is 19.1 Å². The van der Waals surface area contributed by atoms with E-state index in [1.54, 1.807) is 18.2 Å². The van der Waals surface area contributed by atoms with E-state index < -0.39 is 12.1 Å². The molecule has 0 bridgehead atoms. The van der Waals surface area contributed by atoms with Crippen molar-refractivity contribution in [2.45, 2.75) is 64.4 Å². The fourth-order valence-corrected chi connectivity index (χ4v) is 2.81. The number of carbonyl (C=O) groups is 2. The number of carboxylic acids is 1. The van der Waals surface area contributed by atoms with Crippen molar-refractivity contribution in [1.29, 1.82) is 0 Å². The Kier molecular flexibility index (Phi) is 10.0. The number of aliphatic carboxylic acids is 1. The standard InChI is InChI=1S/C20H30O4/c1-2-3-4-5-6-7-9-16-12-15-19(22)18(16)14-13-17(21)10-8-11-20(23)24/h6-7,12-18,21H,2-5,8-11H2,1H3,(H,23,24)/b7-6-,14-13+/t16-,17-,18+/m1/s1. The Morgan fingerprint density at radius 3 is 2.79 bits per heavy atom. The second-order valence-electron chi connectivity index (χ2n) is 6.39. The molecule has 0 fully saturated rings. The van der Waals surface area contributed by atoms with Crippen LogP contribution in [0.25, 0.3) is 0 Å². The van der Waals surface area contributed by atoms with Crippen LogP contribution in [0.1, 0.15) is 58.3 Å². The molecule has 4 nitrogen and oxygen atoms in total. The van der Waals surface area contributed by atoms with Crippen LogP contribution in [0.4, 0.5) is 0 Å². The minimum Gasteiger partial charge on any atom is -0.481 e. The lowest BCUT2D eigenvalue weighted by Gasteiger charge is -2.13. The third-order valence-electron chi connectivity index (χ3n) is 4.28. The SMILES string of the molecule is CCCCC/C=C\C[C@@H]1C=CC(=O)[C@H]1/C=C/[C@H](O)CCCC(=O)O. The summed E-state index contributed by atoms with van der Waals surface area (Å²) in [6.07, 6.45) is 17.1. The highest BCUT2D eigenvalue weighted by Crippen LogP contribution is 2.27. The predicted molar refractivity (Wildman–Crippen MR) is 95.7 cm³/mol. The predicted octanol–water partition coefficient (Wildman–Crippen LogP) is 4.06. The fraction of sp³-hybridized carbons (Fsp3) is 0.600. The van der Waals surface area contributed by atoms with E-state index in [9.17, 15) is 14.7 Å². The molecule has 134 valence electrons. The third kappa shape index (κ3) is 8.25. The summed E-state index contributed by atoms with van der Waals surface area (Å²) in [6.45, 7) is 2.19. The Balaban J connectivity index is 2.39. The zero-order chi connectivity index (χ0) is 17.8. The van der Waals surface area contributed by atoms with Gasteiger partial charge in [0.25, 0.3) is 0 Å². The van der Waals surface area contributed by atoms with Crippen molar-refractivity contribution in [1.82, 2.24) is 0 Å². The first-order valence-corrected chi connectivity index (χ1v) is 8.99. The van der Waals surface area contributed by atoms with Gasteiger partial charge >= 0.3 is 5.97 Å². The molecule has 0 heterocycles. The number of carboxylic acid groups (broad SMARTS) is 1. The van der Waals surface area contributed by atoms with Crippen LogP contribution in [-0.4, -0.2) is 28.1 Å². The number of aliphatic hydroxyl groups excluding tert-OH is 1. The molecule has 3 atom stereocenters. The van der Waals surface area contributed by atoms with Crippen LogP contribution in [0.3, 0.4) is 0 Å². The lowest BCUT2D eigenvalue weighted by atomic mass is 9.90. The lowest BCUT2D eigenvalue weighted by Crippen LogP contribution is -2.14. The van der Waals surface area contributed by atoms with Gasteiger partial charge in [0, 0.05) is 12.3 Å². The number of carbonyl (C=O) groups excluding carboxylic acids is 1. The van der Waals surface area contributed by atoms with E-state index in [4.69, 9.17) is 5.11 Å². The molecule has 0 aromatic rings. The quantitative estimate of drug-likeness (QED) is 0.417. The summed E-state index contributed by atoms with van der Waals surface area (Å²) >= 11 is 0. The van der Waals surface area contributed by atoms with E-state index in [1.807, 2.05) is 6.08 Å². The van der Waals surface area contributed by atoms with Crippen LogP contribution in [0.5, 0.6) is 0 Å².